The maximum absolute atomic E-state index is 13.3. The predicted octanol–water partition coefficient (Wildman–Crippen LogP) is 3.84. The first-order valence-corrected chi connectivity index (χ1v) is 14.2. The number of ether oxygens (including phenoxy) is 2. The van der Waals surface area contributed by atoms with Gasteiger partial charge in [0.05, 0.1) is 28.3 Å². The normalized spacial score (nSPS) is 13.4. The molecule has 2 aliphatic heterocycles. The van der Waals surface area contributed by atoms with E-state index in [0.717, 1.165) is 10.6 Å². The molecule has 0 fully saturated rings. The summed E-state index contributed by atoms with van der Waals surface area (Å²) < 4.78 is 12.9. The zero-order chi connectivity index (χ0) is 29.2. The molecule has 3 aromatic carbocycles. The third-order valence-corrected chi connectivity index (χ3v) is 7.75. The van der Waals surface area contributed by atoms with Gasteiger partial charge in [0.25, 0.3) is 11.8 Å². The summed E-state index contributed by atoms with van der Waals surface area (Å²) in [4.78, 5) is 51.5. The average molecular weight is 584 g/mol. The Hall–Kier alpha value is -4.97. The highest BCUT2D eigenvalue weighted by Gasteiger charge is 2.36. The second kappa shape index (κ2) is 11.5. The Kier molecular flexibility index (Phi) is 7.44. The van der Waals surface area contributed by atoms with Crippen molar-refractivity contribution in [2.75, 3.05) is 24.0 Å². The van der Waals surface area contributed by atoms with Gasteiger partial charge in [-0.2, -0.15) is 0 Å². The predicted molar refractivity (Wildman–Crippen MR) is 154 cm³/mol. The molecule has 0 radical (unpaired) electrons. The first kappa shape index (κ1) is 27.2. The van der Waals surface area contributed by atoms with Gasteiger partial charge < -0.3 is 14.8 Å². The number of rotatable bonds is 10. The highest BCUT2D eigenvalue weighted by atomic mass is 32.2. The van der Waals surface area contributed by atoms with Gasteiger partial charge >= 0.3 is 0 Å². The molecule has 42 heavy (non-hydrogen) atoms. The van der Waals surface area contributed by atoms with E-state index in [2.05, 4.69) is 15.5 Å². The Morgan fingerprint density at radius 3 is 2.43 bits per heavy atom. The van der Waals surface area contributed by atoms with Gasteiger partial charge in [0.2, 0.25) is 12.7 Å². The number of nitrogens with one attached hydrogen (secondary N) is 1. The Morgan fingerprint density at radius 2 is 1.67 bits per heavy atom. The van der Waals surface area contributed by atoms with Crippen LogP contribution in [-0.4, -0.2) is 57.4 Å². The van der Waals surface area contributed by atoms with E-state index < -0.39 is 11.8 Å². The van der Waals surface area contributed by atoms with Gasteiger partial charge in [-0.1, -0.05) is 36.0 Å². The van der Waals surface area contributed by atoms with Gasteiger partial charge in [-0.15, -0.1) is 10.2 Å². The number of hydrogen-bond donors (Lipinski definition) is 1. The number of carbonyl (C=O) groups excluding carboxylic acids is 4. The van der Waals surface area contributed by atoms with Crippen LogP contribution in [0.3, 0.4) is 0 Å². The van der Waals surface area contributed by atoms with Gasteiger partial charge in [0.15, 0.2) is 22.4 Å². The van der Waals surface area contributed by atoms with Crippen molar-refractivity contribution >= 4 is 41.0 Å². The van der Waals surface area contributed by atoms with Gasteiger partial charge in [0.1, 0.15) is 5.82 Å². The summed E-state index contributed by atoms with van der Waals surface area (Å²) in [6.45, 7) is 2.10. The van der Waals surface area contributed by atoms with E-state index in [9.17, 15) is 19.2 Å². The zero-order valence-corrected chi connectivity index (χ0v) is 23.3. The fourth-order valence-electron chi connectivity index (χ4n) is 4.81. The molecule has 212 valence electrons. The number of benzene rings is 3. The number of fused-ring (bicyclic) bond motifs is 2. The zero-order valence-electron chi connectivity index (χ0n) is 22.5. The van der Waals surface area contributed by atoms with E-state index in [0.29, 0.717) is 64.2 Å². The number of ketones is 1. The highest BCUT2D eigenvalue weighted by Crippen LogP contribution is 2.35. The van der Waals surface area contributed by atoms with Crippen molar-refractivity contribution in [1.82, 2.24) is 20.1 Å². The summed E-state index contributed by atoms with van der Waals surface area (Å²) in [5.74, 6) is 0.806. The molecular formula is C30H25N5O6S. The Morgan fingerprint density at radius 1 is 0.905 bits per heavy atom. The summed E-state index contributed by atoms with van der Waals surface area (Å²) in [6.07, 6.45) is 1.19. The summed E-state index contributed by atoms with van der Waals surface area (Å²) in [7, 11) is 0. The van der Waals surface area contributed by atoms with Gasteiger partial charge in [-0.3, -0.25) is 23.7 Å². The third kappa shape index (κ3) is 5.23. The lowest BCUT2D eigenvalue weighted by Crippen LogP contribution is -2.29. The summed E-state index contributed by atoms with van der Waals surface area (Å²) in [5, 5.41) is 12.0. The molecule has 12 heteroatoms. The number of carbonyl (C=O) groups is 4. The molecule has 1 N–H and O–H groups in total. The summed E-state index contributed by atoms with van der Waals surface area (Å²) >= 11 is 1.22. The van der Waals surface area contributed by atoms with E-state index in [1.165, 1.54) is 18.7 Å². The molecule has 0 saturated carbocycles. The number of anilines is 1. The topological polar surface area (TPSA) is 133 Å². The molecule has 2 aliphatic rings. The number of imide groups is 1. The van der Waals surface area contributed by atoms with Crippen LogP contribution < -0.4 is 19.7 Å². The number of aromatic nitrogens is 3. The van der Waals surface area contributed by atoms with Crippen LogP contribution >= 0.6 is 11.8 Å². The second-order valence-electron chi connectivity index (χ2n) is 9.61. The molecule has 6 rings (SSSR count). The van der Waals surface area contributed by atoms with Crippen LogP contribution in [-0.2, 0) is 11.2 Å². The smallest absolute Gasteiger partial charge is 0.266 e. The fourth-order valence-corrected chi connectivity index (χ4v) is 5.67. The van der Waals surface area contributed by atoms with Crippen molar-refractivity contribution in [3.63, 3.8) is 0 Å². The van der Waals surface area contributed by atoms with Crippen molar-refractivity contribution in [1.29, 1.82) is 0 Å². The van der Waals surface area contributed by atoms with Gasteiger partial charge in [-0.25, -0.2) is 4.90 Å². The van der Waals surface area contributed by atoms with Crippen LogP contribution in [0.15, 0.2) is 71.9 Å². The quantitative estimate of drug-likeness (QED) is 0.128. The number of aryl methyl sites for hydroxylation is 1. The SMILES string of the molecule is CC(=O)NCCCc1nnc(SCC(=O)c2cccc(N3C(=O)c4ccccc4C3=O)c2)n1-c1ccc2c(c1)OCO2. The molecule has 4 aromatic rings. The van der Waals surface area contributed by atoms with Crippen LogP contribution in [0.4, 0.5) is 5.69 Å². The number of nitrogens with zero attached hydrogens (tertiary/aromatic N) is 4. The van der Waals surface area contributed by atoms with E-state index in [-0.39, 0.29) is 24.2 Å². The maximum atomic E-state index is 13.3. The molecule has 0 saturated heterocycles. The van der Waals surface area contributed by atoms with Crippen molar-refractivity contribution in [3.8, 4) is 17.2 Å². The molecule has 1 aromatic heterocycles. The first-order valence-electron chi connectivity index (χ1n) is 13.2. The lowest BCUT2D eigenvalue weighted by molar-refractivity contribution is -0.118. The van der Waals surface area contributed by atoms with E-state index >= 15 is 0 Å². The average Bonchev–Trinajstić information content (AvgIpc) is 3.70. The molecule has 0 aliphatic carbocycles. The van der Waals surface area contributed by atoms with E-state index in [1.54, 1.807) is 48.5 Å². The summed E-state index contributed by atoms with van der Waals surface area (Å²) in [5.41, 5.74) is 2.13. The van der Waals surface area contributed by atoms with Crippen LogP contribution in [0.25, 0.3) is 5.69 Å². The van der Waals surface area contributed by atoms with E-state index in [1.807, 2.05) is 22.8 Å². The Labute approximate surface area is 244 Å². The summed E-state index contributed by atoms with van der Waals surface area (Å²) in [6, 6.07) is 18.7. The standard InChI is InChI=1S/C30H25N5O6S/c1-18(36)31-13-5-10-27-32-33-30(34(27)21-11-12-25-26(15-21)41-17-40-25)42-16-24(37)19-6-4-7-20(14-19)35-28(38)22-8-2-3-9-23(22)29(35)39/h2-4,6-9,11-12,14-15H,5,10,13,16-17H2,1H3,(H,31,36). The molecule has 0 atom stereocenters. The molecular weight excluding hydrogens is 558 g/mol. The molecule has 0 bridgehead atoms. The van der Waals surface area contributed by atoms with E-state index in [4.69, 9.17) is 9.47 Å². The lowest BCUT2D eigenvalue weighted by atomic mass is 10.1. The first-order chi connectivity index (χ1) is 20.4. The lowest BCUT2D eigenvalue weighted by Gasteiger charge is -2.15. The number of thioether (sulfide) groups is 1. The van der Waals surface area contributed by atoms with Crippen LogP contribution in [0.5, 0.6) is 11.5 Å². The highest BCUT2D eigenvalue weighted by molar-refractivity contribution is 7.99. The molecule has 0 spiro atoms. The minimum absolute atomic E-state index is 0.0418. The second-order valence-corrected chi connectivity index (χ2v) is 10.6. The maximum Gasteiger partial charge on any atom is 0.266 e. The number of amides is 3. The minimum Gasteiger partial charge on any atom is -0.454 e. The van der Waals surface area contributed by atoms with Gasteiger partial charge in [-0.05, 0) is 42.8 Å². The fraction of sp³-hybridized carbons (Fsp3) is 0.200. The van der Waals surface area contributed by atoms with Crippen LogP contribution in [0.2, 0.25) is 0 Å². The third-order valence-electron chi connectivity index (χ3n) is 6.82. The van der Waals surface area contributed by atoms with Crippen molar-refractivity contribution in [2.45, 2.75) is 24.9 Å². The van der Waals surface area contributed by atoms with Gasteiger partial charge in [0, 0.05) is 31.5 Å². The molecule has 3 heterocycles. The monoisotopic (exact) mass is 583 g/mol. The van der Waals surface area contributed by atoms with Crippen molar-refractivity contribution < 1.29 is 28.7 Å². The van der Waals surface area contributed by atoms with Crippen molar-refractivity contribution in [2.24, 2.45) is 0 Å². The number of Topliss-reactive ketones (excluding diaryl/α,β-unsaturated/α-hetero) is 1. The minimum atomic E-state index is -0.419. The molecule has 0 unspecified atom stereocenters. The Bertz CT molecular complexity index is 1700. The van der Waals surface area contributed by atoms with Crippen molar-refractivity contribution in [3.05, 3.63) is 89.2 Å². The molecule has 11 nitrogen and oxygen atoms in total. The largest absolute Gasteiger partial charge is 0.454 e. The van der Waals surface area contributed by atoms with Crippen LogP contribution in [0, 0.1) is 0 Å². The van der Waals surface area contributed by atoms with Crippen LogP contribution in [0.1, 0.15) is 50.2 Å². The Balaban J connectivity index is 1.21. The molecule has 3 amide bonds. The number of hydrogen-bond acceptors (Lipinski definition) is 9.